The minimum absolute atomic E-state index is 0.00368. The lowest BCUT2D eigenvalue weighted by atomic mass is 9.84. The van der Waals surface area contributed by atoms with Gasteiger partial charge in [-0.25, -0.2) is 27.6 Å². The zero-order valence-electron chi connectivity index (χ0n) is 33.4. The van der Waals surface area contributed by atoms with Gasteiger partial charge in [-0.15, -0.1) is 0 Å². The molecule has 1 aliphatic rings. The number of alkyl halides is 3. The van der Waals surface area contributed by atoms with Crippen molar-refractivity contribution < 1.29 is 64.5 Å². The van der Waals surface area contributed by atoms with Gasteiger partial charge >= 0.3 is 24.5 Å². The minimum Gasteiger partial charge on any atom is -0.447 e. The molecule has 1 fully saturated rings. The van der Waals surface area contributed by atoms with Crippen LogP contribution in [0.25, 0.3) is 0 Å². The number of ether oxygens (including phenoxy) is 4. The molecule has 3 aromatic rings. The molecule has 0 aliphatic carbocycles. The van der Waals surface area contributed by atoms with E-state index < -0.39 is 96.3 Å². The molecular weight excluding hydrogens is 790 g/mol. The molecule has 0 unspecified atom stereocenters. The van der Waals surface area contributed by atoms with Crippen LogP contribution in [0.15, 0.2) is 66.7 Å². The second-order valence-corrected chi connectivity index (χ2v) is 15.8. The molecule has 3 aromatic carbocycles. The maximum Gasteiger partial charge on any atom is 0.410 e. The van der Waals surface area contributed by atoms with E-state index in [2.05, 4.69) is 10.6 Å². The molecule has 3 atom stereocenters. The molecule has 1 aliphatic heterocycles. The quantitative estimate of drug-likeness (QED) is 0.123. The molecule has 4 rings (SSSR count). The van der Waals surface area contributed by atoms with Gasteiger partial charge in [-0.2, -0.15) is 13.2 Å². The standard InChI is InChI=1S/C41H48F6N4O8/c1-39(2,3)58-37(54)50-34(33(24-10-14-26(42)15-11-24)25-12-16-27(43)17-13-25)35(52)49-32-9-7-8-31(44)30(32)19-18-28-20-51(38(55)59-40(4,5)6)21-29(57-28)22-56-36(53)48-23-41(45,46)47/h7-17,28-29,33-34H,18-23H2,1-6H3,(H,48,53)(H,49,52)(H,50,54)/t28-,29+,34+/m1/s1. The van der Waals surface area contributed by atoms with Crippen molar-refractivity contribution in [2.24, 2.45) is 0 Å². The molecule has 0 radical (unpaired) electrons. The number of benzene rings is 3. The molecular formula is C41H48F6N4O8. The number of alkyl carbamates (subject to hydrolysis) is 2. The fourth-order valence-electron chi connectivity index (χ4n) is 6.14. The maximum absolute atomic E-state index is 15.7. The van der Waals surface area contributed by atoms with Crippen molar-refractivity contribution in [3.63, 3.8) is 0 Å². The first-order valence-electron chi connectivity index (χ1n) is 18.7. The van der Waals surface area contributed by atoms with E-state index in [4.69, 9.17) is 18.9 Å². The average molecular weight is 839 g/mol. The van der Waals surface area contributed by atoms with Crippen molar-refractivity contribution in [3.05, 3.63) is 101 Å². The third-order valence-corrected chi connectivity index (χ3v) is 8.56. The Labute approximate surface area is 337 Å². The number of rotatable bonds is 12. The van der Waals surface area contributed by atoms with Crippen molar-refractivity contribution in [2.45, 2.75) is 95.9 Å². The minimum atomic E-state index is -4.67. The summed E-state index contributed by atoms with van der Waals surface area (Å²) in [7, 11) is 0. The molecule has 4 amide bonds. The van der Waals surface area contributed by atoms with Gasteiger partial charge in [0.15, 0.2) is 0 Å². The van der Waals surface area contributed by atoms with Gasteiger partial charge in [0.1, 0.15) is 54.0 Å². The molecule has 1 heterocycles. The van der Waals surface area contributed by atoms with Crippen molar-refractivity contribution in [3.8, 4) is 0 Å². The summed E-state index contributed by atoms with van der Waals surface area (Å²) < 4.78 is 103. The van der Waals surface area contributed by atoms with Crippen molar-refractivity contribution in [2.75, 3.05) is 31.6 Å². The average Bonchev–Trinajstić information content (AvgIpc) is 3.12. The zero-order chi connectivity index (χ0) is 43.7. The number of hydrogen-bond donors (Lipinski definition) is 3. The van der Waals surface area contributed by atoms with Gasteiger partial charge in [-0.05, 0) is 102 Å². The second kappa shape index (κ2) is 19.5. The second-order valence-electron chi connectivity index (χ2n) is 15.8. The molecule has 12 nitrogen and oxygen atoms in total. The largest absolute Gasteiger partial charge is 0.447 e. The Hall–Kier alpha value is -5.52. The molecule has 59 heavy (non-hydrogen) atoms. The first-order chi connectivity index (χ1) is 27.5. The van der Waals surface area contributed by atoms with Crippen LogP contribution in [0.5, 0.6) is 0 Å². The highest BCUT2D eigenvalue weighted by Gasteiger charge is 2.37. The Morgan fingerprint density at radius 1 is 0.780 bits per heavy atom. The molecule has 0 aromatic heterocycles. The molecule has 3 N–H and O–H groups in total. The van der Waals surface area contributed by atoms with E-state index >= 15 is 4.39 Å². The molecule has 322 valence electrons. The van der Waals surface area contributed by atoms with E-state index in [0.717, 1.165) is 30.3 Å². The van der Waals surface area contributed by atoms with E-state index in [0.29, 0.717) is 11.1 Å². The normalized spacial score (nSPS) is 16.5. The predicted octanol–water partition coefficient (Wildman–Crippen LogP) is 7.99. The van der Waals surface area contributed by atoms with E-state index in [9.17, 15) is 41.1 Å². The number of carbonyl (C=O) groups is 4. The van der Waals surface area contributed by atoms with Gasteiger partial charge in [0, 0.05) is 17.2 Å². The highest BCUT2D eigenvalue weighted by molar-refractivity contribution is 5.98. The summed E-state index contributed by atoms with van der Waals surface area (Å²) in [6, 6.07) is 12.7. The molecule has 1 saturated heterocycles. The van der Waals surface area contributed by atoms with Crippen molar-refractivity contribution in [1.29, 1.82) is 0 Å². The zero-order valence-corrected chi connectivity index (χ0v) is 33.4. The number of hydrogen-bond acceptors (Lipinski definition) is 8. The molecule has 0 spiro atoms. The van der Waals surface area contributed by atoms with Gasteiger partial charge in [0.05, 0.1) is 19.2 Å². The van der Waals surface area contributed by atoms with Crippen LogP contribution >= 0.6 is 0 Å². The lowest BCUT2D eigenvalue weighted by Crippen LogP contribution is -2.53. The number of nitrogens with zero attached hydrogens (tertiary/aromatic N) is 1. The van der Waals surface area contributed by atoms with Crippen LogP contribution in [-0.4, -0.2) is 91.0 Å². The SMILES string of the molecule is CC(C)(C)OC(=O)N[C@H](C(=O)Nc1cccc(F)c1CC[C@@H]1CN(C(=O)OC(C)(C)C)C[C@@H](COC(=O)NCC(F)(F)F)O1)C(c1ccc(F)cc1)c1ccc(F)cc1. The number of amides is 4. The number of carbonyl (C=O) groups excluding carboxylic acids is 4. The summed E-state index contributed by atoms with van der Waals surface area (Å²) in [5.74, 6) is -3.75. The van der Waals surface area contributed by atoms with Gasteiger partial charge in [0.2, 0.25) is 5.91 Å². The number of anilines is 1. The third-order valence-electron chi connectivity index (χ3n) is 8.56. The third kappa shape index (κ3) is 15.0. The van der Waals surface area contributed by atoms with E-state index in [1.54, 1.807) is 46.9 Å². The summed E-state index contributed by atoms with van der Waals surface area (Å²) in [5, 5.41) is 6.88. The first-order valence-corrected chi connectivity index (χ1v) is 18.7. The first kappa shape index (κ1) is 46.2. The topological polar surface area (TPSA) is 145 Å². The van der Waals surface area contributed by atoms with Crippen molar-refractivity contribution >= 4 is 29.9 Å². The Balaban J connectivity index is 1.61. The maximum atomic E-state index is 15.7. The van der Waals surface area contributed by atoms with Crippen LogP contribution in [0, 0.1) is 17.5 Å². The lowest BCUT2D eigenvalue weighted by molar-refractivity contribution is -0.125. The van der Waals surface area contributed by atoms with Crippen LogP contribution in [0.4, 0.5) is 46.4 Å². The fraction of sp³-hybridized carbons (Fsp3) is 0.463. The number of halogens is 6. The number of nitrogens with one attached hydrogen (secondary N) is 3. The van der Waals surface area contributed by atoms with Crippen molar-refractivity contribution in [1.82, 2.24) is 15.5 Å². The van der Waals surface area contributed by atoms with Crippen LogP contribution in [0.3, 0.4) is 0 Å². The number of morpholine rings is 1. The fourth-order valence-corrected chi connectivity index (χ4v) is 6.14. The Kier molecular flexibility index (Phi) is 15.3. The molecule has 0 bridgehead atoms. The summed E-state index contributed by atoms with van der Waals surface area (Å²) in [6.45, 7) is 7.45. The highest BCUT2D eigenvalue weighted by atomic mass is 19.4. The predicted molar refractivity (Wildman–Crippen MR) is 203 cm³/mol. The Morgan fingerprint density at radius 2 is 1.34 bits per heavy atom. The summed E-state index contributed by atoms with van der Waals surface area (Å²) in [5.41, 5.74) is -1.12. The summed E-state index contributed by atoms with van der Waals surface area (Å²) >= 11 is 0. The highest BCUT2D eigenvalue weighted by Crippen LogP contribution is 2.32. The monoisotopic (exact) mass is 838 g/mol. The summed E-state index contributed by atoms with van der Waals surface area (Å²) in [4.78, 5) is 53.9. The Bertz CT molecular complexity index is 1870. The Morgan fingerprint density at radius 3 is 1.88 bits per heavy atom. The van der Waals surface area contributed by atoms with E-state index in [1.165, 1.54) is 41.3 Å². The lowest BCUT2D eigenvalue weighted by Gasteiger charge is -2.38. The van der Waals surface area contributed by atoms with Gasteiger partial charge in [-0.3, -0.25) is 4.79 Å². The van der Waals surface area contributed by atoms with E-state index in [-0.39, 0.29) is 37.2 Å². The smallest absolute Gasteiger partial charge is 0.410 e. The van der Waals surface area contributed by atoms with Gasteiger partial charge in [0.25, 0.3) is 0 Å². The molecule has 0 saturated carbocycles. The van der Waals surface area contributed by atoms with Crippen LogP contribution in [-0.2, 0) is 30.2 Å². The van der Waals surface area contributed by atoms with Gasteiger partial charge < -0.3 is 39.8 Å². The molecule has 18 heteroatoms. The van der Waals surface area contributed by atoms with Gasteiger partial charge in [-0.1, -0.05) is 30.3 Å². The summed E-state index contributed by atoms with van der Waals surface area (Å²) in [6.07, 6.45) is -9.67. The van der Waals surface area contributed by atoms with Crippen LogP contribution in [0.2, 0.25) is 0 Å². The van der Waals surface area contributed by atoms with Crippen LogP contribution in [0.1, 0.15) is 70.6 Å². The van der Waals surface area contributed by atoms with Crippen LogP contribution < -0.4 is 16.0 Å². The van der Waals surface area contributed by atoms with E-state index in [1.807, 2.05) is 0 Å².